The number of rotatable bonds is 7. The first kappa shape index (κ1) is 30.8. The fourth-order valence-corrected chi connectivity index (χ4v) is 3.87. The lowest BCUT2D eigenvalue weighted by molar-refractivity contribution is -0.278. The van der Waals surface area contributed by atoms with Crippen molar-refractivity contribution in [1.29, 1.82) is 0 Å². The molecule has 1 heterocycles. The monoisotopic (exact) mass is 581 g/mol. The summed E-state index contributed by atoms with van der Waals surface area (Å²) in [6.07, 6.45) is -14.0. The standard InChI is InChI=1S/C25H23F8N3O4/c1-22(2,20(39)34-12-23(26,27)25(31,32)33)21(40)35-18-15-9-4-3-7-13(15)14-8-5-6-10-16(14)36(19(18)38)11-17(37)24(28,29)30/h3-10,17-18,37H,11-12H2,1-2H3,(H,34,39)(H,35,40)/t17-,18?/m0/s1. The van der Waals surface area contributed by atoms with Crippen LogP contribution in [0.3, 0.4) is 0 Å². The number of aliphatic hydroxyl groups excluding tert-OH is 1. The first-order chi connectivity index (χ1) is 18.3. The summed E-state index contributed by atoms with van der Waals surface area (Å²) in [5.41, 5.74) is -1.65. The van der Waals surface area contributed by atoms with E-state index in [9.17, 15) is 54.6 Å². The largest absolute Gasteiger partial charge is 0.455 e. The Morgan fingerprint density at radius 1 is 0.900 bits per heavy atom. The van der Waals surface area contributed by atoms with Crippen LogP contribution in [-0.2, 0) is 14.4 Å². The minimum absolute atomic E-state index is 0.0219. The van der Waals surface area contributed by atoms with Crippen LogP contribution in [-0.4, -0.2) is 60.3 Å². The van der Waals surface area contributed by atoms with E-state index in [1.165, 1.54) is 41.7 Å². The third kappa shape index (κ3) is 6.03. The first-order valence-electron chi connectivity index (χ1n) is 11.6. The van der Waals surface area contributed by atoms with Gasteiger partial charge in [0.1, 0.15) is 11.5 Å². The van der Waals surface area contributed by atoms with Crippen molar-refractivity contribution in [3.63, 3.8) is 0 Å². The van der Waals surface area contributed by atoms with Crippen molar-refractivity contribution in [2.24, 2.45) is 5.41 Å². The van der Waals surface area contributed by atoms with Crippen LogP contribution in [0, 0.1) is 5.41 Å². The molecule has 1 aliphatic rings. The number of carbonyl (C=O) groups is 3. The zero-order valence-electron chi connectivity index (χ0n) is 20.8. The van der Waals surface area contributed by atoms with E-state index < -0.39 is 66.6 Å². The normalized spacial score (nSPS) is 16.9. The Hall–Kier alpha value is -3.75. The number of halogens is 8. The fourth-order valence-electron chi connectivity index (χ4n) is 3.87. The number of hydrogen-bond acceptors (Lipinski definition) is 4. The molecule has 0 saturated heterocycles. The molecule has 0 aliphatic carbocycles. The minimum atomic E-state index is -5.97. The third-order valence-corrected chi connectivity index (χ3v) is 6.30. The molecule has 2 aromatic rings. The SMILES string of the molecule is CC(C)(C(=O)NCC(F)(F)C(F)(F)F)C(=O)NC1C(=O)N(C[C@H](O)C(F)(F)F)c2ccccc2-c2ccccc21. The maximum absolute atomic E-state index is 13.6. The van der Waals surface area contributed by atoms with Crippen LogP contribution in [0.5, 0.6) is 0 Å². The average Bonchev–Trinajstić information content (AvgIpc) is 2.95. The number of fused-ring (bicyclic) bond motifs is 3. The number of hydrogen-bond donors (Lipinski definition) is 3. The van der Waals surface area contributed by atoms with E-state index >= 15 is 0 Å². The highest BCUT2D eigenvalue weighted by molar-refractivity contribution is 6.09. The summed E-state index contributed by atoms with van der Waals surface area (Å²) in [6, 6.07) is 9.98. The predicted molar refractivity (Wildman–Crippen MR) is 125 cm³/mol. The number of β-amino-alcohol motifs (C(OH)–C–C–N with tert-alkyl or cyclic N) is 1. The highest BCUT2D eigenvalue weighted by Crippen LogP contribution is 2.41. The number of benzene rings is 2. The molecule has 2 aromatic carbocycles. The molecule has 3 amide bonds. The molecule has 218 valence electrons. The van der Waals surface area contributed by atoms with Gasteiger partial charge in [-0.05, 0) is 31.0 Å². The maximum Gasteiger partial charge on any atom is 0.455 e. The summed E-state index contributed by atoms with van der Waals surface area (Å²) in [7, 11) is 0. The second kappa shape index (κ2) is 10.7. The number of para-hydroxylation sites is 1. The van der Waals surface area contributed by atoms with Crippen molar-refractivity contribution >= 4 is 23.4 Å². The van der Waals surface area contributed by atoms with Crippen molar-refractivity contribution in [2.45, 2.75) is 44.3 Å². The van der Waals surface area contributed by atoms with Gasteiger partial charge < -0.3 is 20.6 Å². The molecule has 0 bridgehead atoms. The summed E-state index contributed by atoms with van der Waals surface area (Å²) in [5, 5.41) is 13.3. The van der Waals surface area contributed by atoms with Crippen molar-refractivity contribution in [2.75, 3.05) is 18.0 Å². The molecule has 1 aliphatic heterocycles. The van der Waals surface area contributed by atoms with Gasteiger partial charge in [0.15, 0.2) is 6.10 Å². The summed E-state index contributed by atoms with van der Waals surface area (Å²) < 4.78 is 104. The lowest BCUT2D eigenvalue weighted by Gasteiger charge is -2.31. The van der Waals surface area contributed by atoms with E-state index in [4.69, 9.17) is 0 Å². The van der Waals surface area contributed by atoms with E-state index in [-0.39, 0.29) is 16.8 Å². The van der Waals surface area contributed by atoms with Gasteiger partial charge in [-0.25, -0.2) is 0 Å². The Bertz CT molecular complexity index is 1290. The number of aliphatic hydroxyl groups is 1. The van der Waals surface area contributed by atoms with Crippen LogP contribution >= 0.6 is 0 Å². The smallest absolute Gasteiger partial charge is 0.382 e. The molecular formula is C25H23F8N3O4. The van der Waals surface area contributed by atoms with Gasteiger partial charge in [0, 0.05) is 5.56 Å². The molecular weight excluding hydrogens is 558 g/mol. The number of nitrogens with one attached hydrogen (secondary N) is 2. The van der Waals surface area contributed by atoms with E-state index in [1.807, 2.05) is 0 Å². The Kier molecular flexibility index (Phi) is 8.21. The Morgan fingerprint density at radius 3 is 2.02 bits per heavy atom. The lowest BCUT2D eigenvalue weighted by Crippen LogP contribution is -2.55. The highest BCUT2D eigenvalue weighted by atomic mass is 19.4. The molecule has 0 spiro atoms. The number of carbonyl (C=O) groups excluding carboxylic acids is 3. The van der Waals surface area contributed by atoms with Gasteiger partial charge in [-0.1, -0.05) is 42.5 Å². The van der Waals surface area contributed by atoms with Gasteiger partial charge in [-0.2, -0.15) is 35.1 Å². The van der Waals surface area contributed by atoms with Crippen LogP contribution in [0.15, 0.2) is 48.5 Å². The van der Waals surface area contributed by atoms with Crippen LogP contribution in [0.2, 0.25) is 0 Å². The fraction of sp³-hybridized carbons (Fsp3) is 0.400. The summed E-state index contributed by atoms with van der Waals surface area (Å²) in [6.45, 7) is -1.61. The molecule has 0 fully saturated rings. The van der Waals surface area contributed by atoms with E-state index in [1.54, 1.807) is 12.1 Å². The van der Waals surface area contributed by atoms with E-state index in [2.05, 4.69) is 5.32 Å². The van der Waals surface area contributed by atoms with Crippen LogP contribution in [0.25, 0.3) is 11.1 Å². The zero-order chi connectivity index (χ0) is 30.3. The molecule has 2 atom stereocenters. The van der Waals surface area contributed by atoms with Gasteiger partial charge in [0.2, 0.25) is 11.8 Å². The molecule has 3 rings (SSSR count). The topological polar surface area (TPSA) is 98.7 Å². The molecule has 7 nitrogen and oxygen atoms in total. The summed E-state index contributed by atoms with van der Waals surface area (Å²) in [4.78, 5) is 39.9. The van der Waals surface area contributed by atoms with Gasteiger partial charge in [-0.3, -0.25) is 14.4 Å². The molecule has 0 aromatic heterocycles. The second-order valence-corrected chi connectivity index (χ2v) is 9.53. The summed E-state index contributed by atoms with van der Waals surface area (Å²) >= 11 is 0. The van der Waals surface area contributed by atoms with Gasteiger partial charge in [-0.15, -0.1) is 0 Å². The summed E-state index contributed by atoms with van der Waals surface area (Å²) in [5.74, 6) is -9.25. The number of nitrogens with zero attached hydrogens (tertiary/aromatic N) is 1. The molecule has 0 saturated carbocycles. The molecule has 3 N–H and O–H groups in total. The highest BCUT2D eigenvalue weighted by Gasteiger charge is 2.58. The van der Waals surface area contributed by atoms with Crippen LogP contribution < -0.4 is 15.5 Å². The van der Waals surface area contributed by atoms with Crippen molar-refractivity contribution in [3.05, 3.63) is 54.1 Å². The Labute approximate surface area is 222 Å². The van der Waals surface area contributed by atoms with Gasteiger partial charge in [0.25, 0.3) is 5.91 Å². The second-order valence-electron chi connectivity index (χ2n) is 9.53. The average molecular weight is 581 g/mol. The molecule has 40 heavy (non-hydrogen) atoms. The maximum atomic E-state index is 13.6. The van der Waals surface area contributed by atoms with Crippen LogP contribution in [0.4, 0.5) is 40.8 Å². The van der Waals surface area contributed by atoms with E-state index in [0.717, 1.165) is 13.8 Å². The van der Waals surface area contributed by atoms with Crippen molar-refractivity contribution in [1.82, 2.24) is 10.6 Å². The number of anilines is 1. The first-order valence-corrected chi connectivity index (χ1v) is 11.6. The van der Waals surface area contributed by atoms with Crippen molar-refractivity contribution < 1.29 is 54.6 Å². The Balaban J connectivity index is 1.98. The van der Waals surface area contributed by atoms with Crippen LogP contribution in [0.1, 0.15) is 25.5 Å². The Morgan fingerprint density at radius 2 is 1.45 bits per heavy atom. The van der Waals surface area contributed by atoms with Gasteiger partial charge >= 0.3 is 18.3 Å². The third-order valence-electron chi connectivity index (χ3n) is 6.30. The number of amides is 3. The van der Waals surface area contributed by atoms with Gasteiger partial charge in [0.05, 0.1) is 18.8 Å². The predicted octanol–water partition coefficient (Wildman–Crippen LogP) is 4.12. The zero-order valence-corrected chi connectivity index (χ0v) is 20.8. The molecule has 1 unspecified atom stereocenters. The lowest BCUT2D eigenvalue weighted by atomic mass is 9.89. The molecule has 15 heteroatoms. The minimum Gasteiger partial charge on any atom is -0.382 e. The molecule has 0 radical (unpaired) electrons. The van der Waals surface area contributed by atoms with E-state index in [0.29, 0.717) is 10.5 Å². The quantitative estimate of drug-likeness (QED) is 0.339. The number of alkyl halides is 8. The van der Waals surface area contributed by atoms with Crippen molar-refractivity contribution in [3.8, 4) is 11.1 Å².